The number of nitrogens with one attached hydrogen (secondary N) is 1. The molecule has 0 aliphatic heterocycles. The summed E-state index contributed by atoms with van der Waals surface area (Å²) in [7, 11) is 0. The Kier molecular flexibility index (Phi) is 7.68. The van der Waals surface area contributed by atoms with Gasteiger partial charge in [0.15, 0.2) is 6.61 Å². The molecule has 2 rings (SSSR count). The van der Waals surface area contributed by atoms with E-state index in [1.165, 1.54) is 0 Å². The second-order valence-electron chi connectivity index (χ2n) is 6.41. The van der Waals surface area contributed by atoms with Gasteiger partial charge in [0.25, 0.3) is 5.91 Å². The van der Waals surface area contributed by atoms with Crippen LogP contribution < -0.4 is 10.1 Å². The standard InChI is InChI=1S/C21H25NO4/c1-16(2)11-12-22-20(23)15-25-19-10-6-9-18(13-19)21(24)26-14-17-7-4-3-5-8-17/h3-10,13,16H,11-12,14-15H2,1-2H3,(H,22,23). The Morgan fingerprint density at radius 1 is 1.04 bits per heavy atom. The smallest absolute Gasteiger partial charge is 0.338 e. The van der Waals surface area contributed by atoms with Gasteiger partial charge in [-0.2, -0.15) is 0 Å². The van der Waals surface area contributed by atoms with Crippen LogP contribution in [0.5, 0.6) is 5.75 Å². The predicted octanol–water partition coefficient (Wildman–Crippen LogP) is 3.58. The van der Waals surface area contributed by atoms with Crippen molar-refractivity contribution in [3.8, 4) is 5.75 Å². The van der Waals surface area contributed by atoms with E-state index in [9.17, 15) is 9.59 Å². The Hall–Kier alpha value is -2.82. The third-order valence-electron chi connectivity index (χ3n) is 3.70. The summed E-state index contributed by atoms with van der Waals surface area (Å²) < 4.78 is 10.8. The Labute approximate surface area is 154 Å². The van der Waals surface area contributed by atoms with Gasteiger partial charge in [0.1, 0.15) is 12.4 Å². The van der Waals surface area contributed by atoms with Crippen molar-refractivity contribution in [3.63, 3.8) is 0 Å². The Morgan fingerprint density at radius 2 is 1.81 bits per heavy atom. The lowest BCUT2D eigenvalue weighted by molar-refractivity contribution is -0.123. The molecule has 1 amide bonds. The Balaban J connectivity index is 1.81. The summed E-state index contributed by atoms with van der Waals surface area (Å²) in [5, 5.41) is 2.80. The number of amides is 1. The van der Waals surface area contributed by atoms with E-state index in [-0.39, 0.29) is 19.1 Å². The molecule has 0 spiro atoms. The van der Waals surface area contributed by atoms with Gasteiger partial charge in [-0.15, -0.1) is 0 Å². The lowest BCUT2D eigenvalue weighted by Gasteiger charge is -2.10. The molecule has 0 aliphatic rings. The van der Waals surface area contributed by atoms with Crippen molar-refractivity contribution in [1.29, 1.82) is 0 Å². The van der Waals surface area contributed by atoms with Crippen LogP contribution in [0.15, 0.2) is 54.6 Å². The maximum atomic E-state index is 12.2. The van der Waals surface area contributed by atoms with Crippen molar-refractivity contribution in [3.05, 3.63) is 65.7 Å². The van der Waals surface area contributed by atoms with Crippen LogP contribution in [-0.4, -0.2) is 25.0 Å². The first-order valence-electron chi connectivity index (χ1n) is 8.75. The van der Waals surface area contributed by atoms with Gasteiger partial charge < -0.3 is 14.8 Å². The lowest BCUT2D eigenvalue weighted by atomic mass is 10.1. The van der Waals surface area contributed by atoms with Crippen LogP contribution in [0.25, 0.3) is 0 Å². The second-order valence-corrected chi connectivity index (χ2v) is 6.41. The molecule has 0 radical (unpaired) electrons. The van der Waals surface area contributed by atoms with Crippen LogP contribution in [-0.2, 0) is 16.1 Å². The van der Waals surface area contributed by atoms with Crippen molar-refractivity contribution >= 4 is 11.9 Å². The van der Waals surface area contributed by atoms with Gasteiger partial charge in [-0.25, -0.2) is 4.79 Å². The average Bonchev–Trinajstić information content (AvgIpc) is 2.65. The summed E-state index contributed by atoms with van der Waals surface area (Å²) >= 11 is 0. The normalized spacial score (nSPS) is 10.4. The van der Waals surface area contributed by atoms with Crippen LogP contribution in [0.2, 0.25) is 0 Å². The van der Waals surface area contributed by atoms with Gasteiger partial charge in [0, 0.05) is 6.54 Å². The first-order valence-corrected chi connectivity index (χ1v) is 8.75. The number of carbonyl (C=O) groups excluding carboxylic acids is 2. The summed E-state index contributed by atoms with van der Waals surface area (Å²) in [6.07, 6.45) is 0.925. The molecule has 0 fully saturated rings. The topological polar surface area (TPSA) is 64.6 Å². The minimum absolute atomic E-state index is 0.0827. The third kappa shape index (κ3) is 6.97. The molecule has 0 bridgehead atoms. The summed E-state index contributed by atoms with van der Waals surface area (Å²) in [6, 6.07) is 16.1. The maximum absolute atomic E-state index is 12.2. The Bertz CT molecular complexity index is 713. The fraction of sp³-hybridized carbons (Fsp3) is 0.333. The van der Waals surface area contributed by atoms with Crippen LogP contribution in [0, 0.1) is 5.92 Å². The maximum Gasteiger partial charge on any atom is 0.338 e. The van der Waals surface area contributed by atoms with Gasteiger partial charge >= 0.3 is 5.97 Å². The Morgan fingerprint density at radius 3 is 2.54 bits per heavy atom. The number of benzene rings is 2. The molecule has 2 aromatic carbocycles. The van der Waals surface area contributed by atoms with Gasteiger partial charge in [0.2, 0.25) is 0 Å². The molecule has 0 heterocycles. The molecular formula is C21H25NO4. The lowest BCUT2D eigenvalue weighted by Crippen LogP contribution is -2.30. The van der Waals surface area contributed by atoms with Crippen LogP contribution in [0.4, 0.5) is 0 Å². The number of hydrogen-bond acceptors (Lipinski definition) is 4. The third-order valence-corrected chi connectivity index (χ3v) is 3.70. The van der Waals surface area contributed by atoms with Crippen molar-refractivity contribution in [2.24, 2.45) is 5.92 Å². The average molecular weight is 355 g/mol. The zero-order chi connectivity index (χ0) is 18.8. The van der Waals surface area contributed by atoms with Crippen LogP contribution in [0.3, 0.4) is 0 Å². The molecular weight excluding hydrogens is 330 g/mol. The minimum Gasteiger partial charge on any atom is -0.484 e. The van der Waals surface area contributed by atoms with Crippen molar-refractivity contribution < 1.29 is 19.1 Å². The number of carbonyl (C=O) groups is 2. The summed E-state index contributed by atoms with van der Waals surface area (Å²) in [6.45, 7) is 4.96. The number of ether oxygens (including phenoxy) is 2. The van der Waals surface area contributed by atoms with Crippen LogP contribution >= 0.6 is 0 Å². The molecule has 0 atom stereocenters. The monoisotopic (exact) mass is 355 g/mol. The zero-order valence-corrected chi connectivity index (χ0v) is 15.2. The van der Waals surface area contributed by atoms with Gasteiger partial charge in [0.05, 0.1) is 5.56 Å². The molecule has 138 valence electrons. The van der Waals surface area contributed by atoms with E-state index in [0.717, 1.165) is 12.0 Å². The highest BCUT2D eigenvalue weighted by atomic mass is 16.5. The highest BCUT2D eigenvalue weighted by Gasteiger charge is 2.10. The molecule has 26 heavy (non-hydrogen) atoms. The summed E-state index contributed by atoms with van der Waals surface area (Å²) in [4.78, 5) is 23.9. The summed E-state index contributed by atoms with van der Waals surface area (Å²) in [5.74, 6) is 0.386. The van der Waals surface area contributed by atoms with Crippen molar-refractivity contribution in [2.75, 3.05) is 13.2 Å². The molecule has 0 aliphatic carbocycles. The van der Waals surface area contributed by atoms with Gasteiger partial charge in [-0.1, -0.05) is 50.2 Å². The minimum atomic E-state index is -0.430. The van der Waals surface area contributed by atoms with E-state index in [0.29, 0.717) is 23.8 Å². The number of hydrogen-bond donors (Lipinski definition) is 1. The first kappa shape index (κ1) is 19.5. The number of esters is 1. The molecule has 5 nitrogen and oxygen atoms in total. The molecule has 0 unspecified atom stereocenters. The highest BCUT2D eigenvalue weighted by Crippen LogP contribution is 2.15. The molecule has 2 aromatic rings. The largest absolute Gasteiger partial charge is 0.484 e. The molecule has 0 saturated carbocycles. The molecule has 5 heteroatoms. The summed E-state index contributed by atoms with van der Waals surface area (Å²) in [5.41, 5.74) is 1.31. The van der Waals surface area contributed by atoms with Crippen molar-refractivity contribution in [2.45, 2.75) is 26.9 Å². The molecule has 0 saturated heterocycles. The molecule has 1 N–H and O–H groups in total. The van der Waals surface area contributed by atoms with E-state index in [4.69, 9.17) is 9.47 Å². The van der Waals surface area contributed by atoms with E-state index in [1.54, 1.807) is 24.3 Å². The highest BCUT2D eigenvalue weighted by molar-refractivity contribution is 5.89. The molecule has 0 aromatic heterocycles. The van der Waals surface area contributed by atoms with Gasteiger partial charge in [-0.05, 0) is 36.1 Å². The fourth-order valence-electron chi connectivity index (χ4n) is 2.22. The van der Waals surface area contributed by atoms with Crippen molar-refractivity contribution in [1.82, 2.24) is 5.32 Å². The quantitative estimate of drug-likeness (QED) is 0.698. The SMILES string of the molecule is CC(C)CCNC(=O)COc1cccc(C(=O)OCc2ccccc2)c1. The van der Waals surface area contributed by atoms with Gasteiger partial charge in [-0.3, -0.25) is 4.79 Å². The van der Waals surface area contributed by atoms with E-state index in [2.05, 4.69) is 19.2 Å². The number of rotatable bonds is 9. The first-order chi connectivity index (χ1) is 12.5. The predicted molar refractivity (Wildman–Crippen MR) is 100.0 cm³/mol. The zero-order valence-electron chi connectivity index (χ0n) is 15.2. The second kappa shape index (κ2) is 10.2. The van der Waals surface area contributed by atoms with Crippen LogP contribution in [0.1, 0.15) is 36.2 Å². The van der Waals surface area contributed by atoms with E-state index >= 15 is 0 Å². The van der Waals surface area contributed by atoms with E-state index in [1.807, 2.05) is 30.3 Å². The van der Waals surface area contributed by atoms with E-state index < -0.39 is 5.97 Å². The fourth-order valence-corrected chi connectivity index (χ4v) is 2.22.